The Labute approximate surface area is 204 Å². The Bertz CT molecular complexity index is 1010. The van der Waals surface area contributed by atoms with E-state index in [4.69, 9.17) is 22.2 Å². The highest BCUT2D eigenvalue weighted by Gasteiger charge is 2.24. The van der Waals surface area contributed by atoms with Gasteiger partial charge in [0.05, 0.1) is 5.69 Å². The maximum atomic E-state index is 5.62. The predicted molar refractivity (Wildman–Crippen MR) is 143 cm³/mol. The van der Waals surface area contributed by atoms with Crippen molar-refractivity contribution in [2.75, 3.05) is 29.6 Å². The third-order valence-corrected chi connectivity index (χ3v) is 7.29. The molecule has 0 amide bonds. The van der Waals surface area contributed by atoms with Gasteiger partial charge in [-0.25, -0.2) is 4.98 Å². The summed E-state index contributed by atoms with van der Waals surface area (Å²) in [7, 11) is 4.16. The first-order valence-corrected chi connectivity index (χ1v) is 12.7. The molecule has 178 valence electrons. The van der Waals surface area contributed by atoms with Crippen LogP contribution in [0, 0.1) is 20.8 Å². The number of aromatic nitrogens is 2. The van der Waals surface area contributed by atoms with Crippen LogP contribution in [0.1, 0.15) is 66.5 Å². The molecule has 1 aromatic carbocycles. The van der Waals surface area contributed by atoms with E-state index < -0.39 is 0 Å². The lowest BCUT2D eigenvalue weighted by atomic mass is 9.91. The topological polar surface area (TPSA) is 65.1 Å². The van der Waals surface area contributed by atoms with E-state index in [9.17, 15) is 0 Å². The minimum Gasteiger partial charge on any atom is -0.362 e. The van der Waals surface area contributed by atoms with Gasteiger partial charge in [0.2, 0.25) is 5.95 Å². The molecule has 1 aromatic heterocycles. The van der Waals surface area contributed by atoms with Crippen molar-refractivity contribution in [3.8, 4) is 0 Å². The SMILES string of the molecule is Cc1cc(C)c(NC(=S)N[C@H]2CC[C@@H](Nc3nc4c(c(N(C)C)n3)CCCC4)CC2)cc1C. The van der Waals surface area contributed by atoms with Crippen molar-refractivity contribution in [3.05, 3.63) is 40.1 Å². The highest BCUT2D eigenvalue weighted by Crippen LogP contribution is 2.29. The van der Waals surface area contributed by atoms with Crippen LogP contribution in [0.3, 0.4) is 0 Å². The third kappa shape index (κ3) is 5.75. The molecule has 0 unspecified atom stereocenters. The van der Waals surface area contributed by atoms with Crippen molar-refractivity contribution >= 4 is 34.8 Å². The number of anilines is 3. The van der Waals surface area contributed by atoms with Crippen LogP contribution in [-0.4, -0.2) is 41.3 Å². The first kappa shape index (κ1) is 23.7. The molecule has 2 aromatic rings. The monoisotopic (exact) mass is 466 g/mol. The van der Waals surface area contributed by atoms with Gasteiger partial charge in [-0.3, -0.25) is 0 Å². The number of fused-ring (bicyclic) bond motifs is 1. The van der Waals surface area contributed by atoms with Crippen molar-refractivity contribution in [2.45, 2.75) is 84.2 Å². The Morgan fingerprint density at radius 2 is 1.58 bits per heavy atom. The standard InChI is InChI=1S/C26H38N6S/c1-16-14-18(3)23(15-17(16)2)30-26(33)28-20-12-10-19(11-13-20)27-25-29-22-9-7-6-8-21(22)24(31-25)32(4)5/h14-15,19-20H,6-13H2,1-5H3,(H,27,29,31)(H2,28,30,33)/t19-,20+. The van der Waals surface area contributed by atoms with E-state index in [1.165, 1.54) is 40.8 Å². The fraction of sp³-hybridized carbons (Fsp3) is 0.577. The molecule has 1 saturated carbocycles. The van der Waals surface area contributed by atoms with Crippen molar-refractivity contribution < 1.29 is 0 Å². The minimum absolute atomic E-state index is 0.400. The molecule has 0 bridgehead atoms. The van der Waals surface area contributed by atoms with E-state index in [0.29, 0.717) is 17.2 Å². The van der Waals surface area contributed by atoms with Gasteiger partial charge in [0.25, 0.3) is 0 Å². The molecular formula is C26H38N6S. The van der Waals surface area contributed by atoms with Gasteiger partial charge in [0, 0.05) is 37.4 Å². The number of hydrogen-bond donors (Lipinski definition) is 3. The second-order valence-electron chi connectivity index (χ2n) is 9.94. The first-order valence-electron chi connectivity index (χ1n) is 12.3. The summed E-state index contributed by atoms with van der Waals surface area (Å²) < 4.78 is 0. The number of rotatable bonds is 5. The highest BCUT2D eigenvalue weighted by molar-refractivity contribution is 7.80. The van der Waals surface area contributed by atoms with Crippen LogP contribution in [0.5, 0.6) is 0 Å². The van der Waals surface area contributed by atoms with Crippen LogP contribution in [-0.2, 0) is 12.8 Å². The summed E-state index contributed by atoms with van der Waals surface area (Å²) in [5.41, 5.74) is 7.47. The molecule has 0 spiro atoms. The fourth-order valence-electron chi connectivity index (χ4n) is 5.01. The van der Waals surface area contributed by atoms with Crippen molar-refractivity contribution in [1.82, 2.24) is 15.3 Å². The Morgan fingerprint density at radius 1 is 0.909 bits per heavy atom. The Balaban J connectivity index is 1.31. The summed E-state index contributed by atoms with van der Waals surface area (Å²) in [6.45, 7) is 6.41. The van der Waals surface area contributed by atoms with E-state index in [1.54, 1.807) is 0 Å². The maximum Gasteiger partial charge on any atom is 0.225 e. The van der Waals surface area contributed by atoms with Crippen LogP contribution in [0.25, 0.3) is 0 Å². The van der Waals surface area contributed by atoms with Gasteiger partial charge in [-0.05, 0) is 107 Å². The molecular weight excluding hydrogens is 428 g/mol. The smallest absolute Gasteiger partial charge is 0.225 e. The quantitative estimate of drug-likeness (QED) is 0.533. The van der Waals surface area contributed by atoms with Crippen molar-refractivity contribution in [3.63, 3.8) is 0 Å². The van der Waals surface area contributed by atoms with Gasteiger partial charge < -0.3 is 20.9 Å². The van der Waals surface area contributed by atoms with E-state index in [1.807, 2.05) is 0 Å². The molecule has 1 fully saturated rings. The Morgan fingerprint density at radius 3 is 2.30 bits per heavy atom. The summed E-state index contributed by atoms with van der Waals surface area (Å²) in [6.07, 6.45) is 8.95. The minimum atomic E-state index is 0.400. The molecule has 33 heavy (non-hydrogen) atoms. The average molecular weight is 467 g/mol. The summed E-state index contributed by atoms with van der Waals surface area (Å²) in [5, 5.41) is 11.3. The summed E-state index contributed by atoms with van der Waals surface area (Å²) in [4.78, 5) is 11.9. The highest BCUT2D eigenvalue weighted by atomic mass is 32.1. The van der Waals surface area contributed by atoms with Crippen LogP contribution in [0.4, 0.5) is 17.5 Å². The largest absolute Gasteiger partial charge is 0.362 e. The molecule has 7 heteroatoms. The third-order valence-electron chi connectivity index (χ3n) is 7.07. The van der Waals surface area contributed by atoms with Crippen LogP contribution in [0.2, 0.25) is 0 Å². The zero-order valence-electron chi connectivity index (χ0n) is 20.7. The normalized spacial score (nSPS) is 20.0. The second-order valence-corrected chi connectivity index (χ2v) is 10.3. The van der Waals surface area contributed by atoms with Crippen LogP contribution < -0.4 is 20.9 Å². The molecule has 2 aliphatic rings. The first-order chi connectivity index (χ1) is 15.8. The zero-order valence-corrected chi connectivity index (χ0v) is 21.5. The van der Waals surface area contributed by atoms with E-state index in [2.05, 4.69) is 67.8 Å². The van der Waals surface area contributed by atoms with E-state index in [-0.39, 0.29) is 0 Å². The predicted octanol–water partition coefficient (Wildman–Crippen LogP) is 5.06. The molecule has 6 nitrogen and oxygen atoms in total. The zero-order chi connectivity index (χ0) is 23.5. The molecule has 2 aliphatic carbocycles. The number of benzene rings is 1. The van der Waals surface area contributed by atoms with Gasteiger partial charge in [0.15, 0.2) is 5.11 Å². The van der Waals surface area contributed by atoms with Gasteiger partial charge >= 0.3 is 0 Å². The van der Waals surface area contributed by atoms with Crippen molar-refractivity contribution in [1.29, 1.82) is 0 Å². The molecule has 3 N–H and O–H groups in total. The van der Waals surface area contributed by atoms with E-state index >= 15 is 0 Å². The summed E-state index contributed by atoms with van der Waals surface area (Å²) in [5.74, 6) is 1.87. The molecule has 0 saturated heterocycles. The summed E-state index contributed by atoms with van der Waals surface area (Å²) in [6, 6.07) is 5.20. The molecule has 0 aliphatic heterocycles. The molecule has 0 atom stereocenters. The number of aryl methyl sites for hydroxylation is 4. The van der Waals surface area contributed by atoms with Crippen LogP contribution >= 0.6 is 12.2 Å². The number of nitrogens with one attached hydrogen (secondary N) is 3. The molecule has 4 rings (SSSR count). The summed E-state index contributed by atoms with van der Waals surface area (Å²) >= 11 is 5.62. The van der Waals surface area contributed by atoms with Gasteiger partial charge in [-0.1, -0.05) is 6.07 Å². The van der Waals surface area contributed by atoms with Crippen molar-refractivity contribution in [2.24, 2.45) is 0 Å². The number of hydrogen-bond acceptors (Lipinski definition) is 5. The number of nitrogens with zero attached hydrogens (tertiary/aromatic N) is 3. The lowest BCUT2D eigenvalue weighted by molar-refractivity contribution is 0.387. The maximum absolute atomic E-state index is 5.62. The van der Waals surface area contributed by atoms with Gasteiger partial charge in [-0.15, -0.1) is 0 Å². The van der Waals surface area contributed by atoms with Gasteiger partial charge in [0.1, 0.15) is 5.82 Å². The Hall–Kier alpha value is -2.41. The van der Waals surface area contributed by atoms with E-state index in [0.717, 1.165) is 56.0 Å². The lowest BCUT2D eigenvalue weighted by Crippen LogP contribution is -2.42. The second kappa shape index (κ2) is 10.2. The molecule has 0 radical (unpaired) electrons. The van der Waals surface area contributed by atoms with Gasteiger partial charge in [-0.2, -0.15) is 4.98 Å². The fourth-order valence-corrected chi connectivity index (χ4v) is 5.29. The Kier molecular flexibility index (Phi) is 7.37. The lowest BCUT2D eigenvalue weighted by Gasteiger charge is -2.31. The number of thiocarbonyl (C=S) groups is 1. The molecule has 1 heterocycles. The van der Waals surface area contributed by atoms with Crippen LogP contribution in [0.15, 0.2) is 12.1 Å². The average Bonchev–Trinajstić information content (AvgIpc) is 2.78.